The molecule has 18 heavy (non-hydrogen) atoms. The van der Waals surface area contributed by atoms with Gasteiger partial charge in [-0.2, -0.15) is 0 Å². The highest BCUT2D eigenvalue weighted by atomic mass is 16.6. The number of hydrogen-bond acceptors (Lipinski definition) is 6. The van der Waals surface area contributed by atoms with Crippen molar-refractivity contribution in [2.24, 2.45) is 0 Å². The average Bonchev–Trinajstić information content (AvgIpc) is 2.30. The topological polar surface area (TPSA) is 127 Å². The highest BCUT2D eigenvalue weighted by molar-refractivity contribution is 5.49. The minimum absolute atomic E-state index is 0.105. The summed E-state index contributed by atoms with van der Waals surface area (Å²) in [4.78, 5) is 19.6. The molecule has 0 spiro atoms. The number of hydrogen-bond donors (Lipinski definition) is 2. The van der Waals surface area contributed by atoms with Crippen LogP contribution in [0.15, 0.2) is 18.2 Å². The Morgan fingerprint density at radius 1 is 1.17 bits per heavy atom. The van der Waals surface area contributed by atoms with Gasteiger partial charge in [0.2, 0.25) is 0 Å². The molecule has 0 saturated carbocycles. The fraction of sp³-hybridized carbons (Fsp3) is 0.400. The first kappa shape index (κ1) is 15.9. The van der Waals surface area contributed by atoms with E-state index in [2.05, 4.69) is 0 Å². The highest BCUT2D eigenvalue weighted by Crippen LogP contribution is 2.24. The van der Waals surface area contributed by atoms with E-state index in [4.69, 9.17) is 10.2 Å². The summed E-state index contributed by atoms with van der Waals surface area (Å²) >= 11 is 0. The zero-order valence-corrected chi connectivity index (χ0v) is 9.78. The quantitative estimate of drug-likeness (QED) is 0.613. The molecule has 1 rings (SSSR count). The number of nitrogens with zero attached hydrogens (tertiary/aromatic N) is 2. The number of aliphatic hydroxyl groups excluding tert-OH is 2. The van der Waals surface area contributed by atoms with Gasteiger partial charge in [0.05, 0.1) is 15.9 Å². The van der Waals surface area contributed by atoms with Crippen LogP contribution in [0.2, 0.25) is 0 Å². The summed E-state index contributed by atoms with van der Waals surface area (Å²) in [5, 5.41) is 37.2. The van der Waals surface area contributed by atoms with E-state index in [1.807, 2.05) is 0 Å². The average molecular weight is 258 g/mol. The zero-order chi connectivity index (χ0) is 14.1. The molecule has 0 fully saturated rings. The number of aliphatic hydroxyl groups is 2. The second kappa shape index (κ2) is 8.09. The summed E-state index contributed by atoms with van der Waals surface area (Å²) in [6, 6.07) is 3.36. The van der Waals surface area contributed by atoms with E-state index in [0.29, 0.717) is 0 Å². The van der Waals surface area contributed by atoms with Crippen LogP contribution in [0.4, 0.5) is 11.4 Å². The van der Waals surface area contributed by atoms with Crippen molar-refractivity contribution in [3.63, 3.8) is 0 Å². The van der Waals surface area contributed by atoms with Gasteiger partial charge in [-0.05, 0) is 13.0 Å². The van der Waals surface area contributed by atoms with Gasteiger partial charge in [0.15, 0.2) is 0 Å². The molecule has 0 saturated heterocycles. The number of rotatable bonds is 4. The molecular weight excluding hydrogens is 244 g/mol. The maximum Gasteiger partial charge on any atom is 0.279 e. The molecular formula is C10H14N2O6. The normalized spacial score (nSPS) is 9.28. The van der Waals surface area contributed by atoms with Crippen LogP contribution in [0, 0.1) is 20.2 Å². The Hall–Kier alpha value is -2.06. The lowest BCUT2D eigenvalue weighted by Crippen LogP contribution is -1.99. The molecule has 0 aliphatic carbocycles. The van der Waals surface area contributed by atoms with E-state index in [1.165, 1.54) is 12.1 Å². The van der Waals surface area contributed by atoms with Crippen LogP contribution in [0.25, 0.3) is 0 Å². The molecule has 0 bridgehead atoms. The van der Waals surface area contributed by atoms with Gasteiger partial charge >= 0.3 is 0 Å². The van der Waals surface area contributed by atoms with Crippen molar-refractivity contribution in [2.75, 3.05) is 13.2 Å². The predicted octanol–water partition coefficient (Wildman–Crippen LogP) is 1.04. The van der Waals surface area contributed by atoms with E-state index in [-0.39, 0.29) is 36.6 Å². The standard InChI is InChI=1S/C8H8N2O5.C2H6O/c11-4-3-6-1-2-7(9(12)13)5-8(6)10(14)15;1-2-3/h1-2,5,11H,3-4H2;3H,2H2,1H3. The zero-order valence-electron chi connectivity index (χ0n) is 9.78. The molecule has 1 aromatic carbocycles. The lowest BCUT2D eigenvalue weighted by Gasteiger charge is -2.00. The molecule has 100 valence electrons. The Bertz CT molecular complexity index is 421. The van der Waals surface area contributed by atoms with Crippen LogP contribution in [0.1, 0.15) is 12.5 Å². The number of benzene rings is 1. The van der Waals surface area contributed by atoms with Gasteiger partial charge in [-0.1, -0.05) is 0 Å². The Labute approximate surface area is 103 Å². The minimum atomic E-state index is -0.699. The molecule has 0 unspecified atom stereocenters. The highest BCUT2D eigenvalue weighted by Gasteiger charge is 2.18. The fourth-order valence-corrected chi connectivity index (χ4v) is 1.17. The van der Waals surface area contributed by atoms with Crippen LogP contribution >= 0.6 is 0 Å². The van der Waals surface area contributed by atoms with Crippen molar-refractivity contribution < 1.29 is 20.1 Å². The minimum Gasteiger partial charge on any atom is -0.397 e. The Kier molecular flexibility index (Phi) is 7.17. The fourth-order valence-electron chi connectivity index (χ4n) is 1.17. The molecule has 0 aliphatic rings. The van der Waals surface area contributed by atoms with Crippen LogP contribution in [0.5, 0.6) is 0 Å². The molecule has 0 atom stereocenters. The van der Waals surface area contributed by atoms with Gasteiger partial charge in [0, 0.05) is 31.3 Å². The van der Waals surface area contributed by atoms with Crippen LogP contribution in [-0.4, -0.2) is 33.3 Å². The van der Waals surface area contributed by atoms with Crippen molar-refractivity contribution in [3.8, 4) is 0 Å². The molecule has 0 aromatic heterocycles. The summed E-state index contributed by atoms with van der Waals surface area (Å²) < 4.78 is 0. The third-order valence-electron chi connectivity index (χ3n) is 1.86. The van der Waals surface area contributed by atoms with E-state index in [9.17, 15) is 20.2 Å². The SMILES string of the molecule is CCO.O=[N+]([O-])c1ccc(CCO)c([N+](=O)[O-])c1. The van der Waals surface area contributed by atoms with E-state index >= 15 is 0 Å². The predicted molar refractivity (Wildman–Crippen MR) is 63.3 cm³/mol. The number of nitro benzene ring substituents is 2. The first-order valence-electron chi connectivity index (χ1n) is 5.11. The van der Waals surface area contributed by atoms with Crippen LogP contribution in [-0.2, 0) is 6.42 Å². The third kappa shape index (κ3) is 4.85. The summed E-state index contributed by atoms with van der Waals surface area (Å²) in [6.07, 6.45) is 0.105. The second-order valence-corrected chi connectivity index (χ2v) is 3.12. The second-order valence-electron chi connectivity index (χ2n) is 3.12. The molecule has 0 amide bonds. The van der Waals surface area contributed by atoms with Crippen molar-refractivity contribution in [1.29, 1.82) is 0 Å². The van der Waals surface area contributed by atoms with Gasteiger partial charge in [0.25, 0.3) is 11.4 Å². The number of non-ortho nitro benzene ring substituents is 1. The van der Waals surface area contributed by atoms with Gasteiger partial charge < -0.3 is 10.2 Å². The molecule has 0 aliphatic heterocycles. The summed E-state index contributed by atoms with van der Waals surface area (Å²) in [5.41, 5.74) is -0.380. The number of nitro groups is 2. The van der Waals surface area contributed by atoms with Crippen molar-refractivity contribution in [2.45, 2.75) is 13.3 Å². The molecule has 0 heterocycles. The molecule has 2 N–H and O–H groups in total. The van der Waals surface area contributed by atoms with Crippen molar-refractivity contribution >= 4 is 11.4 Å². The molecule has 0 radical (unpaired) electrons. The third-order valence-corrected chi connectivity index (χ3v) is 1.86. The van der Waals surface area contributed by atoms with E-state index in [1.54, 1.807) is 6.92 Å². The van der Waals surface area contributed by atoms with Crippen LogP contribution in [0.3, 0.4) is 0 Å². The van der Waals surface area contributed by atoms with E-state index < -0.39 is 9.85 Å². The molecule has 1 aromatic rings. The lowest BCUT2D eigenvalue weighted by molar-refractivity contribution is -0.394. The van der Waals surface area contributed by atoms with E-state index in [0.717, 1.165) is 6.07 Å². The summed E-state index contributed by atoms with van der Waals surface area (Å²) in [5.74, 6) is 0. The molecule has 8 nitrogen and oxygen atoms in total. The van der Waals surface area contributed by atoms with Gasteiger partial charge in [-0.15, -0.1) is 0 Å². The summed E-state index contributed by atoms with van der Waals surface area (Å²) in [6.45, 7) is 1.69. The van der Waals surface area contributed by atoms with Gasteiger partial charge in [-0.3, -0.25) is 20.2 Å². The van der Waals surface area contributed by atoms with Gasteiger partial charge in [-0.25, -0.2) is 0 Å². The molecule has 8 heteroatoms. The first-order chi connectivity index (χ1) is 8.47. The Morgan fingerprint density at radius 2 is 1.72 bits per heavy atom. The van der Waals surface area contributed by atoms with Crippen molar-refractivity contribution in [3.05, 3.63) is 44.0 Å². The Balaban J connectivity index is 0.000000873. The van der Waals surface area contributed by atoms with Gasteiger partial charge in [0.1, 0.15) is 0 Å². The maximum atomic E-state index is 10.6. The summed E-state index contributed by atoms with van der Waals surface area (Å²) in [7, 11) is 0. The first-order valence-corrected chi connectivity index (χ1v) is 5.11. The van der Waals surface area contributed by atoms with Crippen LogP contribution < -0.4 is 0 Å². The lowest BCUT2D eigenvalue weighted by atomic mass is 10.1. The smallest absolute Gasteiger partial charge is 0.279 e. The monoisotopic (exact) mass is 258 g/mol. The van der Waals surface area contributed by atoms with Crippen molar-refractivity contribution in [1.82, 2.24) is 0 Å². The largest absolute Gasteiger partial charge is 0.397 e. The maximum absolute atomic E-state index is 10.6. The Morgan fingerprint density at radius 3 is 2.11 bits per heavy atom.